The van der Waals surface area contributed by atoms with Gasteiger partial charge < -0.3 is 0 Å². The van der Waals surface area contributed by atoms with Gasteiger partial charge in [0, 0.05) is 14.6 Å². The molecule has 0 aliphatic carbocycles. The van der Waals surface area contributed by atoms with Gasteiger partial charge in [0.1, 0.15) is 5.38 Å². The Morgan fingerprint density at radius 3 is 2.29 bits per heavy atom. The van der Waals surface area contributed by atoms with E-state index < -0.39 is 0 Å². The summed E-state index contributed by atoms with van der Waals surface area (Å²) in [7, 11) is 0. The van der Waals surface area contributed by atoms with E-state index in [4.69, 9.17) is 11.6 Å². The summed E-state index contributed by atoms with van der Waals surface area (Å²) in [5.41, 5.74) is 0. The van der Waals surface area contributed by atoms with E-state index >= 15 is 0 Å². The first kappa shape index (κ1) is 10.7. The average molecular weight is 308 g/mol. The van der Waals surface area contributed by atoms with Gasteiger partial charge in [-0.2, -0.15) is 0 Å². The number of aryl methyl sites for hydroxylation is 1. The number of hydrogen-bond donors (Lipinski definition) is 0. The van der Waals surface area contributed by atoms with E-state index in [-0.39, 0.29) is 5.38 Å². The Bertz CT molecular complexity index is 393. The molecular formula is C10H8BrClS2. The lowest BCUT2D eigenvalue weighted by Gasteiger charge is -2.02. The summed E-state index contributed by atoms with van der Waals surface area (Å²) >= 11 is 13.3. The highest BCUT2D eigenvalue weighted by molar-refractivity contribution is 9.11. The van der Waals surface area contributed by atoms with Crippen LogP contribution in [0.15, 0.2) is 28.1 Å². The Hall–Kier alpha value is 0.170. The molecular weight excluding hydrogens is 300 g/mol. The van der Waals surface area contributed by atoms with Crippen molar-refractivity contribution in [3.63, 3.8) is 0 Å². The smallest absolute Gasteiger partial charge is 0.102 e. The fourth-order valence-corrected chi connectivity index (χ4v) is 3.98. The molecule has 2 aromatic rings. The SMILES string of the molecule is Cc1ccc(C(Cl)c2ccc(Br)s2)s1. The summed E-state index contributed by atoms with van der Waals surface area (Å²) in [6.45, 7) is 2.10. The van der Waals surface area contributed by atoms with Crippen molar-refractivity contribution in [2.45, 2.75) is 12.3 Å². The predicted molar refractivity (Wildman–Crippen MR) is 68.8 cm³/mol. The van der Waals surface area contributed by atoms with E-state index in [0.29, 0.717) is 0 Å². The highest BCUT2D eigenvalue weighted by atomic mass is 79.9. The molecule has 0 amide bonds. The quantitative estimate of drug-likeness (QED) is 0.668. The Morgan fingerprint density at radius 2 is 1.79 bits per heavy atom. The molecule has 1 atom stereocenters. The topological polar surface area (TPSA) is 0 Å². The van der Waals surface area contributed by atoms with Crippen LogP contribution in [0.1, 0.15) is 20.0 Å². The molecule has 2 rings (SSSR count). The van der Waals surface area contributed by atoms with Gasteiger partial charge in [-0.1, -0.05) is 0 Å². The zero-order valence-electron chi connectivity index (χ0n) is 7.46. The number of alkyl halides is 1. The molecule has 2 heterocycles. The number of hydrogen-bond acceptors (Lipinski definition) is 2. The minimum atomic E-state index is 0.00463. The minimum absolute atomic E-state index is 0.00463. The molecule has 0 aromatic carbocycles. The molecule has 14 heavy (non-hydrogen) atoms. The van der Waals surface area contributed by atoms with E-state index in [1.54, 1.807) is 22.7 Å². The van der Waals surface area contributed by atoms with Gasteiger partial charge in [0.2, 0.25) is 0 Å². The lowest BCUT2D eigenvalue weighted by molar-refractivity contribution is 1.24. The Balaban J connectivity index is 2.28. The zero-order chi connectivity index (χ0) is 10.1. The highest BCUT2D eigenvalue weighted by Crippen LogP contribution is 2.38. The van der Waals surface area contributed by atoms with Crippen LogP contribution < -0.4 is 0 Å². The predicted octanol–water partition coefficient (Wildman–Crippen LogP) is 5.21. The standard InChI is InChI=1S/C10H8BrClS2/c1-6-2-3-7(13-6)10(12)8-4-5-9(11)14-8/h2-5,10H,1H3. The number of halogens is 2. The van der Waals surface area contributed by atoms with Crippen LogP contribution in [0.25, 0.3) is 0 Å². The second-order valence-electron chi connectivity index (χ2n) is 2.95. The van der Waals surface area contributed by atoms with Crippen molar-refractivity contribution in [3.8, 4) is 0 Å². The third kappa shape index (κ3) is 2.22. The maximum Gasteiger partial charge on any atom is 0.102 e. The average Bonchev–Trinajstić information content (AvgIpc) is 2.73. The van der Waals surface area contributed by atoms with E-state index in [0.717, 1.165) is 3.79 Å². The molecule has 1 unspecified atom stereocenters. The molecule has 2 aromatic heterocycles. The first-order valence-electron chi connectivity index (χ1n) is 4.12. The number of rotatable bonds is 2. The van der Waals surface area contributed by atoms with Crippen LogP contribution >= 0.6 is 50.2 Å². The first-order valence-corrected chi connectivity index (χ1v) is 6.98. The molecule has 0 saturated carbocycles. The summed E-state index contributed by atoms with van der Waals surface area (Å²) in [6, 6.07) is 8.32. The van der Waals surface area contributed by atoms with Crippen molar-refractivity contribution in [2.24, 2.45) is 0 Å². The van der Waals surface area contributed by atoms with Crippen molar-refractivity contribution < 1.29 is 0 Å². The van der Waals surface area contributed by atoms with Crippen LogP contribution in [-0.2, 0) is 0 Å². The molecule has 0 spiro atoms. The highest BCUT2D eigenvalue weighted by Gasteiger charge is 2.14. The largest absolute Gasteiger partial charge is 0.144 e. The fraction of sp³-hybridized carbons (Fsp3) is 0.200. The molecule has 0 saturated heterocycles. The minimum Gasteiger partial charge on any atom is -0.144 e. The van der Waals surface area contributed by atoms with Crippen LogP contribution in [0.2, 0.25) is 0 Å². The van der Waals surface area contributed by atoms with E-state index in [1.807, 2.05) is 6.07 Å². The van der Waals surface area contributed by atoms with E-state index in [2.05, 4.69) is 41.1 Å². The van der Waals surface area contributed by atoms with Crippen LogP contribution in [0, 0.1) is 6.92 Å². The lowest BCUT2D eigenvalue weighted by atomic mass is 10.3. The summed E-state index contributed by atoms with van der Waals surface area (Å²) in [4.78, 5) is 3.72. The maximum absolute atomic E-state index is 6.36. The molecule has 4 heteroatoms. The zero-order valence-corrected chi connectivity index (χ0v) is 11.4. The Labute approximate surface area is 105 Å². The van der Waals surface area contributed by atoms with Gasteiger partial charge in [-0.3, -0.25) is 0 Å². The van der Waals surface area contributed by atoms with Gasteiger partial charge in [0.15, 0.2) is 0 Å². The fourth-order valence-electron chi connectivity index (χ4n) is 1.19. The first-order chi connectivity index (χ1) is 6.66. The molecule has 74 valence electrons. The Morgan fingerprint density at radius 1 is 1.14 bits per heavy atom. The second kappa shape index (κ2) is 4.35. The third-order valence-corrected chi connectivity index (χ3v) is 5.34. The van der Waals surface area contributed by atoms with Crippen LogP contribution in [0.3, 0.4) is 0 Å². The monoisotopic (exact) mass is 306 g/mol. The molecule has 0 N–H and O–H groups in total. The summed E-state index contributed by atoms with van der Waals surface area (Å²) in [6.07, 6.45) is 0. The van der Waals surface area contributed by atoms with E-state index in [9.17, 15) is 0 Å². The van der Waals surface area contributed by atoms with Gasteiger partial charge in [-0.05, 0) is 47.1 Å². The third-order valence-electron chi connectivity index (χ3n) is 1.85. The van der Waals surface area contributed by atoms with Gasteiger partial charge in [0.05, 0.1) is 3.79 Å². The lowest BCUT2D eigenvalue weighted by Crippen LogP contribution is -1.83. The van der Waals surface area contributed by atoms with Crippen molar-refractivity contribution in [1.29, 1.82) is 0 Å². The van der Waals surface area contributed by atoms with Crippen molar-refractivity contribution in [2.75, 3.05) is 0 Å². The van der Waals surface area contributed by atoms with Crippen molar-refractivity contribution in [3.05, 3.63) is 42.7 Å². The normalized spacial score (nSPS) is 13.1. The summed E-state index contributed by atoms with van der Waals surface area (Å²) < 4.78 is 1.13. The van der Waals surface area contributed by atoms with Crippen molar-refractivity contribution in [1.82, 2.24) is 0 Å². The molecule has 0 nitrogen and oxygen atoms in total. The van der Waals surface area contributed by atoms with Gasteiger partial charge in [-0.25, -0.2) is 0 Å². The molecule has 0 bridgehead atoms. The van der Waals surface area contributed by atoms with E-state index in [1.165, 1.54) is 14.6 Å². The molecule has 0 radical (unpaired) electrons. The molecule has 0 aliphatic heterocycles. The molecule has 0 aliphatic rings. The Kier molecular flexibility index (Phi) is 3.32. The van der Waals surface area contributed by atoms with Crippen LogP contribution in [0.4, 0.5) is 0 Å². The van der Waals surface area contributed by atoms with Crippen LogP contribution in [0.5, 0.6) is 0 Å². The van der Waals surface area contributed by atoms with Crippen molar-refractivity contribution >= 4 is 50.2 Å². The maximum atomic E-state index is 6.36. The number of thiophene rings is 2. The summed E-state index contributed by atoms with van der Waals surface area (Å²) in [5, 5.41) is 0.00463. The van der Waals surface area contributed by atoms with Crippen LogP contribution in [-0.4, -0.2) is 0 Å². The van der Waals surface area contributed by atoms with Gasteiger partial charge >= 0.3 is 0 Å². The van der Waals surface area contributed by atoms with Gasteiger partial charge in [0.25, 0.3) is 0 Å². The molecule has 0 fully saturated rings. The second-order valence-corrected chi connectivity index (χ2v) is 7.20. The van der Waals surface area contributed by atoms with Gasteiger partial charge in [-0.15, -0.1) is 34.3 Å². The summed E-state index contributed by atoms with van der Waals surface area (Å²) in [5.74, 6) is 0.